The quantitative estimate of drug-likeness (QED) is 0.777. The minimum Gasteiger partial charge on any atom is -0.476 e. The molecule has 8 nitrogen and oxygen atoms in total. The number of anilines is 1. The third-order valence-electron chi connectivity index (χ3n) is 2.52. The predicted molar refractivity (Wildman–Crippen MR) is 73.8 cm³/mol. The van der Waals surface area contributed by atoms with Gasteiger partial charge in [0.1, 0.15) is 5.82 Å². The van der Waals surface area contributed by atoms with Gasteiger partial charge in [0.25, 0.3) is 0 Å². The first kappa shape index (κ1) is 14.4. The fraction of sp³-hybridized carbons (Fsp3) is 0.154. The Kier molecular flexibility index (Phi) is 4.39. The van der Waals surface area contributed by atoms with E-state index in [1.807, 2.05) is 0 Å². The van der Waals surface area contributed by atoms with Crippen LogP contribution in [0.25, 0.3) is 0 Å². The third-order valence-corrected chi connectivity index (χ3v) is 2.52. The van der Waals surface area contributed by atoms with E-state index < -0.39 is 12.0 Å². The Hall–Kier alpha value is -3.03. The number of carboxylic acids is 1. The summed E-state index contributed by atoms with van der Waals surface area (Å²) in [6, 6.07) is 4.14. The average Bonchev–Trinajstić information content (AvgIpc) is 2.45. The maximum atomic E-state index is 11.8. The first-order valence-electron chi connectivity index (χ1n) is 6.08. The molecule has 0 fully saturated rings. The second-order valence-corrected chi connectivity index (χ2v) is 4.11. The molecule has 0 saturated heterocycles. The zero-order chi connectivity index (χ0) is 15.2. The van der Waals surface area contributed by atoms with Crippen LogP contribution in [-0.2, 0) is 6.54 Å². The number of aryl methyl sites for hydroxylation is 1. The highest BCUT2D eigenvalue weighted by Crippen LogP contribution is 2.11. The van der Waals surface area contributed by atoms with Crippen molar-refractivity contribution in [3.05, 3.63) is 47.8 Å². The lowest BCUT2D eigenvalue weighted by atomic mass is 10.3. The number of urea groups is 1. The van der Waals surface area contributed by atoms with Crippen LogP contribution in [0.1, 0.15) is 22.0 Å². The molecule has 0 atom stereocenters. The Morgan fingerprint density at radius 1 is 1.24 bits per heavy atom. The number of hydrogen-bond donors (Lipinski definition) is 3. The number of aromatic carboxylic acids is 1. The molecule has 0 aliphatic rings. The van der Waals surface area contributed by atoms with Gasteiger partial charge in [-0.15, -0.1) is 0 Å². The summed E-state index contributed by atoms with van der Waals surface area (Å²) in [6.07, 6.45) is 2.94. The maximum absolute atomic E-state index is 11.8. The lowest BCUT2D eigenvalue weighted by Crippen LogP contribution is -2.29. The molecule has 0 spiro atoms. The van der Waals surface area contributed by atoms with Crippen LogP contribution in [0, 0.1) is 6.92 Å². The van der Waals surface area contributed by atoms with Gasteiger partial charge in [-0.2, -0.15) is 0 Å². The molecule has 21 heavy (non-hydrogen) atoms. The van der Waals surface area contributed by atoms with Crippen LogP contribution >= 0.6 is 0 Å². The van der Waals surface area contributed by atoms with Gasteiger partial charge < -0.3 is 15.7 Å². The van der Waals surface area contributed by atoms with Gasteiger partial charge in [-0.1, -0.05) is 0 Å². The second kappa shape index (κ2) is 6.42. The third kappa shape index (κ3) is 3.96. The van der Waals surface area contributed by atoms with E-state index in [1.165, 1.54) is 18.3 Å². The van der Waals surface area contributed by atoms with Crippen molar-refractivity contribution in [2.75, 3.05) is 5.32 Å². The summed E-state index contributed by atoms with van der Waals surface area (Å²) in [6.45, 7) is 1.95. The number of hydrogen-bond acceptors (Lipinski definition) is 5. The van der Waals surface area contributed by atoms with Crippen LogP contribution < -0.4 is 10.6 Å². The number of nitrogens with zero attached hydrogens (tertiary/aromatic N) is 3. The smallest absolute Gasteiger partial charge is 0.356 e. The second-order valence-electron chi connectivity index (χ2n) is 4.11. The van der Waals surface area contributed by atoms with Crippen molar-refractivity contribution in [1.82, 2.24) is 20.3 Å². The van der Waals surface area contributed by atoms with Crippen LogP contribution in [0.15, 0.2) is 30.6 Å². The van der Waals surface area contributed by atoms with E-state index in [2.05, 4.69) is 25.6 Å². The van der Waals surface area contributed by atoms with Crippen LogP contribution in [-0.4, -0.2) is 32.1 Å². The molecule has 0 saturated carbocycles. The minimum atomic E-state index is -1.21. The SMILES string of the molecule is Cc1nccc(CNC(=O)Nc2cccnc2C(=O)O)n1. The van der Waals surface area contributed by atoms with Crippen molar-refractivity contribution in [3.63, 3.8) is 0 Å². The first-order chi connectivity index (χ1) is 10.1. The van der Waals surface area contributed by atoms with Crippen LogP contribution in [0.4, 0.5) is 10.5 Å². The maximum Gasteiger partial charge on any atom is 0.356 e. The highest BCUT2D eigenvalue weighted by atomic mass is 16.4. The van der Waals surface area contributed by atoms with E-state index in [0.29, 0.717) is 11.5 Å². The molecule has 0 unspecified atom stereocenters. The molecule has 0 aromatic carbocycles. The summed E-state index contributed by atoms with van der Waals surface area (Å²) < 4.78 is 0. The van der Waals surface area contributed by atoms with Gasteiger partial charge in [-0.05, 0) is 25.1 Å². The van der Waals surface area contributed by atoms with Crippen molar-refractivity contribution >= 4 is 17.7 Å². The predicted octanol–water partition coefficient (Wildman–Crippen LogP) is 1.20. The number of carbonyl (C=O) groups is 2. The summed E-state index contributed by atoms with van der Waals surface area (Å²) in [5, 5.41) is 14.0. The molecule has 0 radical (unpaired) electrons. The number of carboxylic acid groups (broad SMARTS) is 1. The van der Waals surface area contributed by atoms with Gasteiger partial charge in [-0.25, -0.2) is 24.5 Å². The summed E-state index contributed by atoms with van der Waals surface area (Å²) in [7, 11) is 0. The summed E-state index contributed by atoms with van der Waals surface area (Å²) in [4.78, 5) is 34.5. The largest absolute Gasteiger partial charge is 0.476 e. The molecule has 2 aromatic rings. The zero-order valence-corrected chi connectivity index (χ0v) is 11.2. The monoisotopic (exact) mass is 287 g/mol. The first-order valence-corrected chi connectivity index (χ1v) is 6.08. The highest BCUT2D eigenvalue weighted by molar-refractivity contribution is 5.98. The number of nitrogens with one attached hydrogen (secondary N) is 2. The molecule has 8 heteroatoms. The van der Waals surface area contributed by atoms with Gasteiger partial charge in [-0.3, -0.25) is 0 Å². The van der Waals surface area contributed by atoms with E-state index in [9.17, 15) is 9.59 Å². The van der Waals surface area contributed by atoms with Gasteiger partial charge in [0, 0.05) is 12.4 Å². The Labute approximate surface area is 120 Å². The topological polar surface area (TPSA) is 117 Å². The van der Waals surface area contributed by atoms with E-state index in [0.717, 1.165) is 0 Å². The molecule has 0 aliphatic heterocycles. The summed E-state index contributed by atoms with van der Waals surface area (Å²) in [5.41, 5.74) is 0.564. The molecular formula is C13H13N5O3. The Bertz CT molecular complexity index is 674. The normalized spacial score (nSPS) is 9.95. The molecule has 2 heterocycles. The minimum absolute atomic E-state index is 0.126. The van der Waals surface area contributed by atoms with Gasteiger partial charge in [0.2, 0.25) is 0 Å². The van der Waals surface area contributed by atoms with Crippen molar-refractivity contribution in [2.45, 2.75) is 13.5 Å². The lowest BCUT2D eigenvalue weighted by molar-refractivity contribution is 0.0691. The Morgan fingerprint density at radius 2 is 2.05 bits per heavy atom. The summed E-state index contributed by atoms with van der Waals surface area (Å²) >= 11 is 0. The van der Waals surface area contributed by atoms with Gasteiger partial charge >= 0.3 is 12.0 Å². The molecule has 2 rings (SSSR count). The molecule has 0 bridgehead atoms. The number of aromatic nitrogens is 3. The number of rotatable bonds is 4. The number of amides is 2. The standard InChI is InChI=1S/C13H13N5O3/c1-8-14-6-4-9(17-8)7-16-13(21)18-10-3-2-5-15-11(10)12(19)20/h2-6H,7H2,1H3,(H,19,20)(H2,16,18,21). The fourth-order valence-corrected chi connectivity index (χ4v) is 1.62. The van der Waals surface area contributed by atoms with Gasteiger partial charge in [0.05, 0.1) is 17.9 Å². The summed E-state index contributed by atoms with van der Waals surface area (Å²) in [5.74, 6) is -0.604. The molecule has 2 aromatic heterocycles. The zero-order valence-electron chi connectivity index (χ0n) is 11.2. The van der Waals surface area contributed by atoms with E-state index >= 15 is 0 Å². The van der Waals surface area contributed by atoms with Crippen molar-refractivity contribution in [2.24, 2.45) is 0 Å². The molecule has 108 valence electrons. The van der Waals surface area contributed by atoms with Crippen LogP contribution in [0.5, 0.6) is 0 Å². The molecule has 3 N–H and O–H groups in total. The van der Waals surface area contributed by atoms with E-state index in [1.54, 1.807) is 19.2 Å². The lowest BCUT2D eigenvalue weighted by Gasteiger charge is -2.09. The van der Waals surface area contributed by atoms with E-state index in [4.69, 9.17) is 5.11 Å². The van der Waals surface area contributed by atoms with Crippen LogP contribution in [0.2, 0.25) is 0 Å². The molecule has 2 amide bonds. The Morgan fingerprint density at radius 3 is 2.76 bits per heavy atom. The van der Waals surface area contributed by atoms with Crippen molar-refractivity contribution in [1.29, 1.82) is 0 Å². The van der Waals surface area contributed by atoms with Crippen LogP contribution in [0.3, 0.4) is 0 Å². The molecule has 0 aliphatic carbocycles. The highest BCUT2D eigenvalue weighted by Gasteiger charge is 2.13. The van der Waals surface area contributed by atoms with Crippen molar-refractivity contribution < 1.29 is 14.7 Å². The van der Waals surface area contributed by atoms with E-state index in [-0.39, 0.29) is 17.9 Å². The number of carbonyl (C=O) groups excluding carboxylic acids is 1. The fourth-order valence-electron chi connectivity index (χ4n) is 1.62. The van der Waals surface area contributed by atoms with Crippen molar-refractivity contribution in [3.8, 4) is 0 Å². The molecular weight excluding hydrogens is 274 g/mol. The van der Waals surface area contributed by atoms with Gasteiger partial charge in [0.15, 0.2) is 5.69 Å². The number of pyridine rings is 1. The Balaban J connectivity index is 1.98. The average molecular weight is 287 g/mol.